The Kier molecular flexibility index (Phi) is 7.31. The molecule has 0 bridgehead atoms. The predicted molar refractivity (Wildman–Crippen MR) is 129 cm³/mol. The molecule has 0 fully saturated rings. The minimum Gasteiger partial charge on any atom is -0.494 e. The molecule has 0 radical (unpaired) electrons. The maximum Gasteiger partial charge on any atom is 0.177 e. The summed E-state index contributed by atoms with van der Waals surface area (Å²) in [5, 5.41) is 8.00. The van der Waals surface area contributed by atoms with Gasteiger partial charge in [0.2, 0.25) is 0 Å². The average molecular weight is 439 g/mol. The van der Waals surface area contributed by atoms with Crippen LogP contribution in [0.3, 0.4) is 0 Å². The molecule has 0 aliphatic rings. The van der Waals surface area contributed by atoms with Crippen LogP contribution in [0.1, 0.15) is 31.5 Å². The van der Waals surface area contributed by atoms with Crippen LogP contribution in [0.15, 0.2) is 53.8 Å². The summed E-state index contributed by atoms with van der Waals surface area (Å²) in [6.45, 7) is 5.99. The summed E-state index contributed by atoms with van der Waals surface area (Å²) in [5.74, 6) is 0.638. The Morgan fingerprint density at radius 1 is 1.39 bits per heavy atom. The van der Waals surface area contributed by atoms with Gasteiger partial charge in [-0.3, -0.25) is 4.99 Å². The number of aryl methyl sites for hydroxylation is 1. The number of allylic oxidation sites excluding steroid dienone is 2. The molecule has 0 saturated heterocycles. The number of imidazole rings is 1. The van der Waals surface area contributed by atoms with Crippen LogP contribution in [0.4, 0.5) is 11.4 Å². The summed E-state index contributed by atoms with van der Waals surface area (Å²) >= 11 is 6.21. The maximum atomic E-state index is 6.21. The zero-order valence-electron chi connectivity index (χ0n) is 18.1. The number of aliphatic imine (C=N–C) groups is 1. The van der Waals surface area contributed by atoms with Crippen molar-refractivity contribution in [2.75, 3.05) is 12.4 Å². The fourth-order valence-electron chi connectivity index (χ4n) is 3.27. The van der Waals surface area contributed by atoms with Crippen LogP contribution < -0.4 is 15.8 Å². The average Bonchev–Trinajstić information content (AvgIpc) is 3.13. The van der Waals surface area contributed by atoms with E-state index >= 15 is 0 Å². The monoisotopic (exact) mass is 438 g/mol. The van der Waals surface area contributed by atoms with Gasteiger partial charge in [-0.2, -0.15) is 5.10 Å². The molecule has 0 saturated carbocycles. The number of nitrogens with zero attached hydrogens (tertiary/aromatic N) is 4. The maximum absolute atomic E-state index is 6.21. The zero-order valence-corrected chi connectivity index (χ0v) is 18.9. The number of para-hydroxylation sites is 1. The van der Waals surface area contributed by atoms with Gasteiger partial charge in [0.15, 0.2) is 10.8 Å². The van der Waals surface area contributed by atoms with Gasteiger partial charge in [-0.25, -0.2) is 9.50 Å². The third kappa shape index (κ3) is 5.06. The Bertz CT molecular complexity index is 1150. The highest BCUT2D eigenvalue weighted by Crippen LogP contribution is 2.36. The summed E-state index contributed by atoms with van der Waals surface area (Å²) < 4.78 is 7.40. The van der Waals surface area contributed by atoms with Crippen molar-refractivity contribution in [3.8, 4) is 5.75 Å². The molecule has 2 heterocycles. The quantitative estimate of drug-likeness (QED) is 0.374. The van der Waals surface area contributed by atoms with Crippen molar-refractivity contribution in [1.82, 2.24) is 14.6 Å². The number of aromatic nitrogens is 3. The Hall–Kier alpha value is -3.32. The van der Waals surface area contributed by atoms with Gasteiger partial charge in [0.05, 0.1) is 36.4 Å². The number of ether oxygens (including phenoxy) is 1. The van der Waals surface area contributed by atoms with Crippen molar-refractivity contribution >= 4 is 40.4 Å². The molecule has 3 N–H and O–H groups in total. The summed E-state index contributed by atoms with van der Waals surface area (Å²) in [7, 11) is 1.62. The molecule has 31 heavy (non-hydrogen) atoms. The number of hydrogen-bond acceptors (Lipinski definition) is 6. The molecule has 3 aromatic rings. The summed E-state index contributed by atoms with van der Waals surface area (Å²) in [6, 6.07) is 7.63. The highest BCUT2D eigenvalue weighted by atomic mass is 35.5. The molecule has 7 nitrogen and oxygen atoms in total. The lowest BCUT2D eigenvalue weighted by atomic mass is 10.0. The molecular weight excluding hydrogens is 412 g/mol. The van der Waals surface area contributed by atoms with Crippen LogP contribution in [0.25, 0.3) is 11.2 Å². The smallest absolute Gasteiger partial charge is 0.177 e. The van der Waals surface area contributed by atoms with E-state index < -0.39 is 0 Å². The second-order valence-electron chi connectivity index (χ2n) is 6.94. The fourth-order valence-corrected chi connectivity index (χ4v) is 3.46. The Labute approximate surface area is 187 Å². The van der Waals surface area contributed by atoms with E-state index in [0.29, 0.717) is 16.5 Å². The van der Waals surface area contributed by atoms with Crippen molar-refractivity contribution in [2.45, 2.75) is 33.2 Å². The molecular formula is C23H27ClN6O. The van der Waals surface area contributed by atoms with Gasteiger partial charge in [0.1, 0.15) is 5.75 Å². The number of halogens is 1. The minimum absolute atomic E-state index is 0.100. The minimum atomic E-state index is 0.100. The largest absolute Gasteiger partial charge is 0.494 e. The summed E-state index contributed by atoms with van der Waals surface area (Å²) in [5.41, 5.74) is 10.5. The number of benzene rings is 1. The molecule has 0 aliphatic carbocycles. The highest BCUT2D eigenvalue weighted by Gasteiger charge is 2.15. The predicted octanol–water partition coefficient (Wildman–Crippen LogP) is 5.17. The lowest BCUT2D eigenvalue weighted by molar-refractivity contribution is 0.415. The second-order valence-corrected chi connectivity index (χ2v) is 7.33. The lowest BCUT2D eigenvalue weighted by Gasteiger charge is -2.16. The third-order valence-electron chi connectivity index (χ3n) is 4.73. The van der Waals surface area contributed by atoms with Crippen molar-refractivity contribution in [3.63, 3.8) is 0 Å². The SMILES string of the molecule is C/C=C\C(CC)N=C/C(=C\N)c1cccc(Nc2cc(Cl)nn3cc(C)nc23)c1OC. The molecule has 3 rings (SSSR count). The van der Waals surface area contributed by atoms with Gasteiger partial charge in [-0.05, 0) is 26.3 Å². The number of nitrogens with two attached hydrogens (primary N) is 1. The van der Waals surface area contributed by atoms with Crippen LogP contribution in [0.2, 0.25) is 5.15 Å². The van der Waals surface area contributed by atoms with Crippen LogP contribution >= 0.6 is 11.6 Å². The Balaban J connectivity index is 2.01. The molecule has 162 valence electrons. The van der Waals surface area contributed by atoms with Gasteiger partial charge in [-0.1, -0.05) is 42.8 Å². The van der Waals surface area contributed by atoms with Crippen LogP contribution in [-0.4, -0.2) is 34.0 Å². The Morgan fingerprint density at radius 3 is 2.87 bits per heavy atom. The highest BCUT2D eigenvalue weighted by molar-refractivity contribution is 6.29. The number of rotatable bonds is 8. The Morgan fingerprint density at radius 2 is 2.19 bits per heavy atom. The van der Waals surface area contributed by atoms with Gasteiger partial charge >= 0.3 is 0 Å². The number of anilines is 2. The first-order chi connectivity index (χ1) is 15.0. The van der Waals surface area contributed by atoms with E-state index in [1.807, 2.05) is 44.3 Å². The molecule has 1 atom stereocenters. The van der Waals surface area contributed by atoms with Gasteiger partial charge < -0.3 is 15.8 Å². The third-order valence-corrected chi connectivity index (χ3v) is 4.92. The molecule has 1 unspecified atom stereocenters. The van der Waals surface area contributed by atoms with Crippen molar-refractivity contribution in [2.24, 2.45) is 10.7 Å². The van der Waals surface area contributed by atoms with E-state index in [0.717, 1.165) is 34.6 Å². The number of hydrogen-bond donors (Lipinski definition) is 2. The molecule has 0 spiro atoms. The summed E-state index contributed by atoms with van der Waals surface area (Å²) in [4.78, 5) is 9.18. The van der Waals surface area contributed by atoms with E-state index in [4.69, 9.17) is 22.1 Å². The van der Waals surface area contributed by atoms with E-state index in [9.17, 15) is 0 Å². The standard InChI is InChI=1S/C23H27ClN6O/c1-5-8-17(6-2)26-13-16(12-25)18-9-7-10-19(22(18)31-4)28-20-11-21(24)29-30-14-15(3)27-23(20)30/h5,7-14,17,28H,6,25H2,1-4H3/b8-5-,16-12+,26-13?. The molecule has 2 aromatic heterocycles. The van der Waals surface area contributed by atoms with Gasteiger partial charge in [0, 0.05) is 29.6 Å². The normalized spacial score (nSPS) is 13.4. The van der Waals surface area contributed by atoms with Crippen LogP contribution in [0, 0.1) is 6.92 Å². The first-order valence-corrected chi connectivity index (χ1v) is 10.4. The number of fused-ring (bicyclic) bond motifs is 1. The fraction of sp³-hybridized carbons (Fsp3) is 0.261. The zero-order chi connectivity index (χ0) is 22.4. The molecule has 0 amide bonds. The van der Waals surface area contributed by atoms with Gasteiger partial charge in [0.25, 0.3) is 0 Å². The summed E-state index contributed by atoms with van der Waals surface area (Å²) in [6.07, 6.45) is 10.1. The molecule has 0 aliphatic heterocycles. The second kappa shape index (κ2) is 10.1. The van der Waals surface area contributed by atoms with Crippen LogP contribution in [0.5, 0.6) is 5.75 Å². The van der Waals surface area contributed by atoms with E-state index in [-0.39, 0.29) is 6.04 Å². The topological polar surface area (TPSA) is 89.8 Å². The van der Waals surface area contributed by atoms with Crippen LogP contribution in [-0.2, 0) is 0 Å². The lowest BCUT2D eigenvalue weighted by Crippen LogP contribution is -2.03. The van der Waals surface area contributed by atoms with Gasteiger partial charge in [-0.15, -0.1) is 0 Å². The van der Waals surface area contributed by atoms with E-state index in [2.05, 4.69) is 33.4 Å². The van der Waals surface area contributed by atoms with Crippen molar-refractivity contribution < 1.29 is 4.74 Å². The first-order valence-electron chi connectivity index (χ1n) is 10.1. The molecule has 1 aromatic carbocycles. The number of nitrogens with one attached hydrogen (secondary N) is 1. The molecule has 8 heteroatoms. The van der Waals surface area contributed by atoms with Crippen molar-refractivity contribution in [3.05, 3.63) is 65.2 Å². The van der Waals surface area contributed by atoms with E-state index in [1.54, 1.807) is 23.9 Å². The van der Waals surface area contributed by atoms with Crippen molar-refractivity contribution in [1.29, 1.82) is 0 Å². The number of methoxy groups -OCH3 is 1. The van der Waals surface area contributed by atoms with E-state index in [1.165, 1.54) is 6.20 Å². The first kappa shape index (κ1) is 22.4.